The SMILES string of the molecule is O=C(O)C1(CNC(=O)C2(c3ccc(F)cc3)CCCCC2)CC1. The van der Waals surface area contributed by atoms with Crippen molar-refractivity contribution in [2.45, 2.75) is 50.4 Å². The molecule has 1 aromatic rings. The number of hydrogen-bond donors (Lipinski definition) is 2. The Balaban J connectivity index is 1.79. The smallest absolute Gasteiger partial charge is 0.311 e. The molecule has 2 fully saturated rings. The van der Waals surface area contributed by atoms with E-state index in [4.69, 9.17) is 0 Å². The van der Waals surface area contributed by atoms with Crippen LogP contribution < -0.4 is 5.32 Å². The van der Waals surface area contributed by atoms with Crippen LogP contribution in [0.4, 0.5) is 4.39 Å². The Bertz CT molecular complexity index is 601. The van der Waals surface area contributed by atoms with Gasteiger partial charge in [-0.2, -0.15) is 0 Å². The third-order valence-corrected chi connectivity index (χ3v) is 5.43. The van der Waals surface area contributed by atoms with Gasteiger partial charge < -0.3 is 10.4 Å². The number of rotatable bonds is 5. The Morgan fingerprint density at radius 1 is 1.04 bits per heavy atom. The van der Waals surface area contributed by atoms with Crippen molar-refractivity contribution in [3.05, 3.63) is 35.6 Å². The number of aliphatic carboxylic acids is 1. The van der Waals surface area contributed by atoms with Crippen LogP contribution in [0.15, 0.2) is 24.3 Å². The molecule has 0 aliphatic heterocycles. The molecule has 1 amide bonds. The molecule has 4 nitrogen and oxygen atoms in total. The lowest BCUT2D eigenvalue weighted by atomic mass is 9.68. The van der Waals surface area contributed by atoms with E-state index in [-0.39, 0.29) is 18.3 Å². The molecule has 0 bridgehead atoms. The van der Waals surface area contributed by atoms with E-state index in [9.17, 15) is 19.1 Å². The minimum atomic E-state index is -0.836. The standard InChI is InChI=1S/C18H22FNO3/c19-14-6-4-13(5-7-14)18(8-2-1-3-9-18)15(21)20-12-17(10-11-17)16(22)23/h4-7H,1-3,8-12H2,(H,20,21)(H,22,23). The summed E-state index contributed by atoms with van der Waals surface area (Å²) >= 11 is 0. The zero-order valence-corrected chi connectivity index (χ0v) is 13.1. The van der Waals surface area contributed by atoms with Gasteiger partial charge in [-0.3, -0.25) is 9.59 Å². The molecule has 5 heteroatoms. The highest BCUT2D eigenvalue weighted by Crippen LogP contribution is 2.46. The Morgan fingerprint density at radius 3 is 2.17 bits per heavy atom. The van der Waals surface area contributed by atoms with Crippen molar-refractivity contribution in [2.24, 2.45) is 5.41 Å². The van der Waals surface area contributed by atoms with E-state index in [2.05, 4.69) is 5.32 Å². The zero-order valence-electron chi connectivity index (χ0n) is 13.1. The number of carbonyl (C=O) groups excluding carboxylic acids is 1. The third-order valence-electron chi connectivity index (χ3n) is 5.43. The minimum Gasteiger partial charge on any atom is -0.481 e. The van der Waals surface area contributed by atoms with E-state index in [0.717, 1.165) is 37.7 Å². The van der Waals surface area contributed by atoms with Crippen LogP contribution in [0.1, 0.15) is 50.5 Å². The molecule has 0 heterocycles. The van der Waals surface area contributed by atoms with Crippen LogP contribution >= 0.6 is 0 Å². The van der Waals surface area contributed by atoms with Gasteiger partial charge in [-0.1, -0.05) is 31.4 Å². The fourth-order valence-corrected chi connectivity index (χ4v) is 3.61. The second kappa shape index (κ2) is 5.95. The molecule has 2 saturated carbocycles. The van der Waals surface area contributed by atoms with Gasteiger partial charge in [0.15, 0.2) is 0 Å². The van der Waals surface area contributed by atoms with Gasteiger partial charge in [0.25, 0.3) is 0 Å². The average Bonchev–Trinajstić information content (AvgIpc) is 3.35. The number of halogens is 1. The highest BCUT2D eigenvalue weighted by Gasteiger charge is 2.51. The summed E-state index contributed by atoms with van der Waals surface area (Å²) in [5.41, 5.74) is -0.592. The van der Waals surface area contributed by atoms with Crippen LogP contribution in [-0.4, -0.2) is 23.5 Å². The van der Waals surface area contributed by atoms with E-state index < -0.39 is 16.8 Å². The van der Waals surface area contributed by atoms with Gasteiger partial charge in [-0.15, -0.1) is 0 Å². The Kier molecular flexibility index (Phi) is 4.13. The molecule has 0 radical (unpaired) electrons. The van der Waals surface area contributed by atoms with Crippen molar-refractivity contribution in [3.8, 4) is 0 Å². The monoisotopic (exact) mass is 319 g/mol. The summed E-state index contributed by atoms with van der Waals surface area (Å²) in [5.74, 6) is -1.27. The lowest BCUT2D eigenvalue weighted by molar-refractivity contribution is -0.143. The van der Waals surface area contributed by atoms with Crippen LogP contribution in [0.5, 0.6) is 0 Å². The summed E-state index contributed by atoms with van der Waals surface area (Å²) < 4.78 is 13.2. The fourth-order valence-electron chi connectivity index (χ4n) is 3.61. The van der Waals surface area contributed by atoms with Crippen LogP contribution in [0, 0.1) is 11.2 Å². The number of carboxylic acids is 1. The topological polar surface area (TPSA) is 66.4 Å². The summed E-state index contributed by atoms with van der Waals surface area (Å²) in [6, 6.07) is 6.14. The quantitative estimate of drug-likeness (QED) is 0.877. The number of carbonyl (C=O) groups is 2. The van der Waals surface area contributed by atoms with E-state index >= 15 is 0 Å². The normalized spacial score (nSPS) is 21.4. The first kappa shape index (κ1) is 16.0. The molecule has 0 aromatic heterocycles. The second-order valence-electron chi connectivity index (χ2n) is 6.92. The van der Waals surface area contributed by atoms with Crippen molar-refractivity contribution in [3.63, 3.8) is 0 Å². The number of amides is 1. The summed E-state index contributed by atoms with van der Waals surface area (Å²) in [7, 11) is 0. The highest BCUT2D eigenvalue weighted by atomic mass is 19.1. The van der Waals surface area contributed by atoms with Crippen LogP contribution in [0.25, 0.3) is 0 Å². The van der Waals surface area contributed by atoms with E-state index in [1.165, 1.54) is 12.1 Å². The van der Waals surface area contributed by atoms with E-state index in [0.29, 0.717) is 12.8 Å². The first-order chi connectivity index (χ1) is 11.0. The second-order valence-corrected chi connectivity index (χ2v) is 6.92. The summed E-state index contributed by atoms with van der Waals surface area (Å²) in [4.78, 5) is 24.2. The molecule has 124 valence electrons. The molecule has 0 atom stereocenters. The number of carboxylic acid groups (broad SMARTS) is 1. The van der Waals surface area contributed by atoms with Crippen molar-refractivity contribution in [2.75, 3.05) is 6.54 Å². The van der Waals surface area contributed by atoms with Gasteiger partial charge in [0.1, 0.15) is 5.82 Å². The number of benzene rings is 1. The molecule has 0 spiro atoms. The first-order valence-electron chi connectivity index (χ1n) is 8.26. The van der Waals surface area contributed by atoms with Gasteiger partial charge in [-0.05, 0) is 43.4 Å². The van der Waals surface area contributed by atoms with Gasteiger partial charge in [0.05, 0.1) is 10.8 Å². The number of hydrogen-bond acceptors (Lipinski definition) is 2. The van der Waals surface area contributed by atoms with Gasteiger partial charge in [-0.25, -0.2) is 4.39 Å². The zero-order chi connectivity index (χ0) is 16.5. The van der Waals surface area contributed by atoms with E-state index in [1.54, 1.807) is 12.1 Å². The molecular weight excluding hydrogens is 297 g/mol. The molecule has 2 N–H and O–H groups in total. The minimum absolute atomic E-state index is 0.115. The maximum absolute atomic E-state index is 13.2. The van der Waals surface area contributed by atoms with Crippen LogP contribution in [0.3, 0.4) is 0 Å². The molecule has 0 unspecified atom stereocenters. The van der Waals surface area contributed by atoms with Gasteiger partial charge in [0, 0.05) is 6.54 Å². The van der Waals surface area contributed by atoms with Gasteiger partial charge >= 0.3 is 5.97 Å². The van der Waals surface area contributed by atoms with Gasteiger partial charge in [0.2, 0.25) is 5.91 Å². The first-order valence-corrected chi connectivity index (χ1v) is 8.26. The highest BCUT2D eigenvalue weighted by molar-refractivity contribution is 5.89. The predicted octanol–water partition coefficient (Wildman–Crippen LogP) is 3.01. The van der Waals surface area contributed by atoms with Crippen LogP contribution in [0.2, 0.25) is 0 Å². The molecule has 0 saturated heterocycles. The van der Waals surface area contributed by atoms with Crippen molar-refractivity contribution in [1.29, 1.82) is 0 Å². The molecule has 3 rings (SSSR count). The maximum atomic E-state index is 13.2. The summed E-state index contributed by atoms with van der Waals surface area (Å²) in [6.45, 7) is 0.185. The Labute approximate surface area is 135 Å². The molecule has 2 aliphatic carbocycles. The van der Waals surface area contributed by atoms with E-state index in [1.807, 2.05) is 0 Å². The van der Waals surface area contributed by atoms with Crippen molar-refractivity contribution < 1.29 is 19.1 Å². The Morgan fingerprint density at radius 2 is 1.65 bits per heavy atom. The predicted molar refractivity (Wildman–Crippen MR) is 83.5 cm³/mol. The average molecular weight is 319 g/mol. The van der Waals surface area contributed by atoms with Crippen molar-refractivity contribution in [1.82, 2.24) is 5.32 Å². The fraction of sp³-hybridized carbons (Fsp3) is 0.556. The molecular formula is C18H22FNO3. The lowest BCUT2D eigenvalue weighted by Crippen LogP contribution is -2.48. The number of nitrogens with one attached hydrogen (secondary N) is 1. The van der Waals surface area contributed by atoms with Crippen molar-refractivity contribution >= 4 is 11.9 Å². The van der Waals surface area contributed by atoms with Crippen LogP contribution in [-0.2, 0) is 15.0 Å². The summed E-state index contributed by atoms with van der Waals surface area (Å²) in [6.07, 6.45) is 5.69. The molecule has 23 heavy (non-hydrogen) atoms. The maximum Gasteiger partial charge on any atom is 0.311 e. The summed E-state index contributed by atoms with van der Waals surface area (Å²) in [5, 5.41) is 12.1. The molecule has 2 aliphatic rings. The third kappa shape index (κ3) is 2.96. The largest absolute Gasteiger partial charge is 0.481 e. The Hall–Kier alpha value is -1.91. The molecule has 1 aromatic carbocycles. The lowest BCUT2D eigenvalue weighted by Gasteiger charge is -2.36.